The van der Waals surface area contributed by atoms with Crippen molar-refractivity contribution in [2.75, 3.05) is 5.32 Å². The molecule has 4 nitrogen and oxygen atoms in total. The van der Waals surface area contributed by atoms with Gasteiger partial charge in [0.25, 0.3) is 5.91 Å². The Kier molecular flexibility index (Phi) is 2.95. The van der Waals surface area contributed by atoms with Crippen LogP contribution in [0.15, 0.2) is 42.5 Å². The fraction of sp³-hybridized carbons (Fsp3) is 0.0667. The number of amides is 1. The lowest BCUT2D eigenvalue weighted by Gasteiger charge is -2.05. The molecule has 0 bridgehead atoms. The summed E-state index contributed by atoms with van der Waals surface area (Å²) in [6.45, 7) is 1.86. The van der Waals surface area contributed by atoms with Crippen molar-refractivity contribution in [2.45, 2.75) is 6.92 Å². The van der Waals surface area contributed by atoms with Gasteiger partial charge in [0.15, 0.2) is 0 Å². The summed E-state index contributed by atoms with van der Waals surface area (Å²) in [6, 6.07) is 11.2. The highest BCUT2D eigenvalue weighted by atomic mass is 19.1. The molecule has 3 rings (SSSR count). The highest BCUT2D eigenvalue weighted by Gasteiger charge is 2.11. The van der Waals surface area contributed by atoms with Gasteiger partial charge in [-0.05, 0) is 37.3 Å². The largest absolute Gasteiger partial charge is 0.342 e. The summed E-state index contributed by atoms with van der Waals surface area (Å²) in [6.07, 6.45) is 0. The number of aromatic nitrogens is 2. The number of carbonyl (C=O) groups excluding carboxylic acids is 1. The van der Waals surface area contributed by atoms with Crippen molar-refractivity contribution < 1.29 is 9.18 Å². The second-order valence-electron chi connectivity index (χ2n) is 4.49. The molecule has 5 heteroatoms. The van der Waals surface area contributed by atoms with Crippen LogP contribution in [0, 0.1) is 12.7 Å². The third-order valence-electron chi connectivity index (χ3n) is 2.98. The van der Waals surface area contributed by atoms with Crippen LogP contribution in [0.1, 0.15) is 16.2 Å². The van der Waals surface area contributed by atoms with E-state index in [1.165, 1.54) is 12.1 Å². The maximum atomic E-state index is 13.5. The van der Waals surface area contributed by atoms with Gasteiger partial charge >= 0.3 is 0 Å². The minimum absolute atomic E-state index is 0.0217. The fourth-order valence-corrected chi connectivity index (χ4v) is 2.06. The number of H-pyrrole nitrogens is 1. The summed E-state index contributed by atoms with van der Waals surface area (Å²) in [5.74, 6) is -0.209. The number of imidazole rings is 1. The zero-order valence-electron chi connectivity index (χ0n) is 10.8. The molecule has 0 aliphatic heterocycles. The average Bonchev–Trinajstić information content (AvgIpc) is 2.78. The number of halogens is 1. The molecule has 2 N–H and O–H groups in total. The number of hydrogen-bond acceptors (Lipinski definition) is 2. The highest BCUT2D eigenvalue weighted by Crippen LogP contribution is 2.18. The molecule has 0 atom stereocenters. The van der Waals surface area contributed by atoms with E-state index >= 15 is 0 Å². The molecule has 0 radical (unpaired) electrons. The van der Waals surface area contributed by atoms with E-state index in [1.807, 2.05) is 6.92 Å². The van der Waals surface area contributed by atoms with E-state index in [0.717, 1.165) is 16.9 Å². The molecular formula is C15H12FN3O. The first kappa shape index (κ1) is 12.3. The Morgan fingerprint density at radius 2 is 2.05 bits per heavy atom. The molecule has 0 fully saturated rings. The van der Waals surface area contributed by atoms with Crippen LogP contribution in [0.4, 0.5) is 10.1 Å². The van der Waals surface area contributed by atoms with Gasteiger partial charge in [-0.2, -0.15) is 0 Å². The van der Waals surface area contributed by atoms with Crippen LogP contribution in [0.2, 0.25) is 0 Å². The zero-order valence-corrected chi connectivity index (χ0v) is 10.8. The first-order chi connectivity index (χ1) is 9.63. The van der Waals surface area contributed by atoms with Gasteiger partial charge in [0.2, 0.25) is 0 Å². The first-order valence-corrected chi connectivity index (χ1v) is 6.16. The molecule has 2 aromatic carbocycles. The van der Waals surface area contributed by atoms with E-state index in [-0.39, 0.29) is 5.56 Å². The molecule has 0 aliphatic rings. The molecule has 0 saturated carbocycles. The van der Waals surface area contributed by atoms with Crippen molar-refractivity contribution in [2.24, 2.45) is 0 Å². The van der Waals surface area contributed by atoms with Crippen molar-refractivity contribution in [1.29, 1.82) is 0 Å². The number of nitrogens with zero attached hydrogens (tertiary/aromatic N) is 1. The zero-order chi connectivity index (χ0) is 14.1. The molecule has 1 amide bonds. The topological polar surface area (TPSA) is 57.8 Å². The van der Waals surface area contributed by atoms with Crippen LogP contribution < -0.4 is 5.32 Å². The molecule has 0 aliphatic carbocycles. The Balaban J connectivity index is 1.89. The minimum Gasteiger partial charge on any atom is -0.342 e. The van der Waals surface area contributed by atoms with E-state index in [9.17, 15) is 9.18 Å². The van der Waals surface area contributed by atoms with Crippen molar-refractivity contribution in [3.8, 4) is 0 Å². The summed E-state index contributed by atoms with van der Waals surface area (Å²) in [5, 5.41) is 2.67. The SMILES string of the molecule is Cc1nc2ccc(NC(=O)c3ccccc3F)cc2[nH]1. The molecule has 0 unspecified atom stereocenters. The number of hydrogen-bond donors (Lipinski definition) is 2. The maximum absolute atomic E-state index is 13.5. The Labute approximate surface area is 114 Å². The highest BCUT2D eigenvalue weighted by molar-refractivity contribution is 6.05. The van der Waals surface area contributed by atoms with Gasteiger partial charge < -0.3 is 10.3 Å². The van der Waals surface area contributed by atoms with Gasteiger partial charge in [0, 0.05) is 5.69 Å². The summed E-state index contributed by atoms with van der Waals surface area (Å²) >= 11 is 0. The number of fused-ring (bicyclic) bond motifs is 1. The predicted molar refractivity (Wildman–Crippen MR) is 75.2 cm³/mol. The number of rotatable bonds is 2. The van der Waals surface area contributed by atoms with Gasteiger partial charge in [-0.15, -0.1) is 0 Å². The smallest absolute Gasteiger partial charge is 0.258 e. The quantitative estimate of drug-likeness (QED) is 0.750. The van der Waals surface area contributed by atoms with E-state index in [2.05, 4.69) is 15.3 Å². The van der Waals surface area contributed by atoms with Gasteiger partial charge in [0.05, 0.1) is 16.6 Å². The second kappa shape index (κ2) is 4.77. The summed E-state index contributed by atoms with van der Waals surface area (Å²) in [5.41, 5.74) is 2.27. The van der Waals surface area contributed by atoms with Crippen molar-refractivity contribution in [3.05, 3.63) is 59.7 Å². The van der Waals surface area contributed by atoms with E-state index in [0.29, 0.717) is 5.69 Å². The van der Waals surface area contributed by atoms with Crippen LogP contribution in [0.3, 0.4) is 0 Å². The third-order valence-corrected chi connectivity index (χ3v) is 2.98. The first-order valence-electron chi connectivity index (χ1n) is 6.16. The lowest BCUT2D eigenvalue weighted by molar-refractivity contribution is 0.102. The molecule has 1 aromatic heterocycles. The normalized spacial score (nSPS) is 10.7. The van der Waals surface area contributed by atoms with E-state index in [1.54, 1.807) is 30.3 Å². The monoisotopic (exact) mass is 269 g/mol. The Morgan fingerprint density at radius 3 is 2.85 bits per heavy atom. The second-order valence-corrected chi connectivity index (χ2v) is 4.49. The van der Waals surface area contributed by atoms with E-state index in [4.69, 9.17) is 0 Å². The van der Waals surface area contributed by atoms with Crippen molar-refractivity contribution in [1.82, 2.24) is 9.97 Å². The van der Waals surface area contributed by atoms with Crippen molar-refractivity contribution >= 4 is 22.6 Å². The maximum Gasteiger partial charge on any atom is 0.258 e. The number of aromatic amines is 1. The number of nitrogens with one attached hydrogen (secondary N) is 2. The molecule has 20 heavy (non-hydrogen) atoms. The van der Waals surface area contributed by atoms with Crippen LogP contribution in [0.25, 0.3) is 11.0 Å². The van der Waals surface area contributed by atoms with Gasteiger partial charge in [-0.3, -0.25) is 4.79 Å². The molecule has 1 heterocycles. The number of carbonyl (C=O) groups is 1. The average molecular weight is 269 g/mol. The van der Waals surface area contributed by atoms with Gasteiger partial charge in [0.1, 0.15) is 11.6 Å². The molecule has 3 aromatic rings. The van der Waals surface area contributed by atoms with Crippen LogP contribution >= 0.6 is 0 Å². The number of benzene rings is 2. The summed E-state index contributed by atoms with van der Waals surface area (Å²) in [4.78, 5) is 19.4. The van der Waals surface area contributed by atoms with Crippen molar-refractivity contribution in [3.63, 3.8) is 0 Å². The van der Waals surface area contributed by atoms with Crippen LogP contribution in [-0.2, 0) is 0 Å². The molecule has 0 spiro atoms. The lowest BCUT2D eigenvalue weighted by atomic mass is 10.2. The molecular weight excluding hydrogens is 257 g/mol. The van der Waals surface area contributed by atoms with E-state index < -0.39 is 11.7 Å². The molecule has 0 saturated heterocycles. The van der Waals surface area contributed by atoms with Crippen LogP contribution in [-0.4, -0.2) is 15.9 Å². The Morgan fingerprint density at radius 1 is 1.25 bits per heavy atom. The third kappa shape index (κ3) is 2.25. The van der Waals surface area contributed by atoms with Gasteiger partial charge in [-0.1, -0.05) is 12.1 Å². The Bertz CT molecular complexity index is 795. The predicted octanol–water partition coefficient (Wildman–Crippen LogP) is 3.26. The molecule has 100 valence electrons. The summed E-state index contributed by atoms with van der Waals surface area (Å²) in [7, 11) is 0. The Hall–Kier alpha value is -2.69. The minimum atomic E-state index is -0.538. The van der Waals surface area contributed by atoms with Crippen LogP contribution in [0.5, 0.6) is 0 Å². The lowest BCUT2D eigenvalue weighted by Crippen LogP contribution is -2.13. The summed E-state index contributed by atoms with van der Waals surface area (Å²) < 4.78 is 13.5. The van der Waals surface area contributed by atoms with Gasteiger partial charge in [-0.25, -0.2) is 9.37 Å². The number of aryl methyl sites for hydroxylation is 1. The number of anilines is 1. The fourth-order valence-electron chi connectivity index (χ4n) is 2.06. The standard InChI is InChI=1S/C15H12FN3O/c1-9-17-13-7-6-10(8-14(13)18-9)19-15(20)11-4-2-3-5-12(11)16/h2-8H,1H3,(H,17,18)(H,19,20).